The number of carbonyl (C=O) groups is 1. The van der Waals surface area contributed by atoms with Crippen molar-refractivity contribution in [2.24, 2.45) is 0 Å². The molecule has 5 nitrogen and oxygen atoms in total. The Morgan fingerprint density at radius 2 is 2.05 bits per heavy atom. The van der Waals surface area contributed by atoms with Crippen molar-refractivity contribution >= 4 is 17.2 Å². The first-order chi connectivity index (χ1) is 9.93. The molecule has 6 heteroatoms. The molecule has 0 amide bonds. The van der Waals surface area contributed by atoms with Gasteiger partial charge in [-0.2, -0.15) is 0 Å². The minimum Gasteiger partial charge on any atom is -0.477 e. The molecule has 0 aromatic carbocycles. The summed E-state index contributed by atoms with van der Waals surface area (Å²) >= 11 is 0. The zero-order chi connectivity index (χ0) is 15.3. The zero-order valence-electron chi connectivity index (χ0n) is 11.8. The predicted molar refractivity (Wildman–Crippen MR) is 76.9 cm³/mol. The van der Waals surface area contributed by atoms with Gasteiger partial charge in [0, 0.05) is 19.8 Å². The summed E-state index contributed by atoms with van der Waals surface area (Å²) in [6, 6.07) is 4.96. The summed E-state index contributed by atoms with van der Waals surface area (Å²) in [6.07, 6.45) is 1.87. The Morgan fingerprint density at radius 3 is 2.57 bits per heavy atom. The molecule has 1 saturated carbocycles. The zero-order valence-corrected chi connectivity index (χ0v) is 11.8. The van der Waals surface area contributed by atoms with Crippen LogP contribution in [0.5, 0.6) is 0 Å². The first kappa shape index (κ1) is 13.6. The smallest absolute Gasteiger partial charge is 0.343 e. The fraction of sp³-hybridized carbons (Fsp3) is 0.333. The van der Waals surface area contributed by atoms with Crippen molar-refractivity contribution in [3.8, 4) is 0 Å². The lowest BCUT2D eigenvalue weighted by Crippen LogP contribution is -2.29. The van der Waals surface area contributed by atoms with E-state index in [1.807, 2.05) is 0 Å². The maximum atomic E-state index is 14.7. The number of pyridine rings is 2. The molecule has 0 unspecified atom stereocenters. The molecule has 2 heterocycles. The van der Waals surface area contributed by atoms with Crippen molar-refractivity contribution in [2.75, 3.05) is 19.0 Å². The van der Waals surface area contributed by atoms with Gasteiger partial charge >= 0.3 is 5.97 Å². The Kier molecular flexibility index (Phi) is 2.97. The summed E-state index contributed by atoms with van der Waals surface area (Å²) < 4.78 is 15.9. The second-order valence-electron chi connectivity index (χ2n) is 5.49. The molecule has 21 heavy (non-hydrogen) atoms. The van der Waals surface area contributed by atoms with E-state index in [1.54, 1.807) is 12.1 Å². The lowest BCUT2D eigenvalue weighted by atomic mass is 10.1. The largest absolute Gasteiger partial charge is 0.477 e. The van der Waals surface area contributed by atoms with Crippen molar-refractivity contribution in [3.05, 3.63) is 45.6 Å². The summed E-state index contributed by atoms with van der Waals surface area (Å²) in [6.45, 7) is 0. The third-order valence-corrected chi connectivity index (χ3v) is 3.76. The highest BCUT2D eigenvalue weighted by Crippen LogP contribution is 2.40. The molecule has 0 aliphatic heterocycles. The number of hydrogen-bond donors (Lipinski definition) is 1. The van der Waals surface area contributed by atoms with Gasteiger partial charge in [0.15, 0.2) is 11.4 Å². The Morgan fingerprint density at radius 1 is 1.38 bits per heavy atom. The number of aromatic nitrogens is 1. The van der Waals surface area contributed by atoms with Crippen LogP contribution in [-0.2, 0) is 0 Å². The van der Waals surface area contributed by atoms with Crippen LogP contribution in [-0.4, -0.2) is 29.6 Å². The van der Waals surface area contributed by atoms with E-state index in [2.05, 4.69) is 0 Å². The first-order valence-electron chi connectivity index (χ1n) is 6.71. The topological polar surface area (TPSA) is 62.0 Å². The molecule has 2 aromatic heterocycles. The molecule has 0 atom stereocenters. The van der Waals surface area contributed by atoms with Crippen LogP contribution in [0, 0.1) is 5.82 Å². The van der Waals surface area contributed by atoms with E-state index in [4.69, 9.17) is 0 Å². The molecule has 3 rings (SSSR count). The average Bonchev–Trinajstić information content (AvgIpc) is 3.25. The van der Waals surface area contributed by atoms with Crippen LogP contribution in [0.2, 0.25) is 0 Å². The van der Waals surface area contributed by atoms with Gasteiger partial charge in [0.05, 0.1) is 11.2 Å². The highest BCUT2D eigenvalue weighted by Gasteiger charge is 2.30. The van der Waals surface area contributed by atoms with Crippen LogP contribution >= 0.6 is 0 Å². The van der Waals surface area contributed by atoms with Crippen molar-refractivity contribution in [2.45, 2.75) is 18.8 Å². The van der Waals surface area contributed by atoms with E-state index in [1.165, 1.54) is 29.5 Å². The molecule has 1 aliphatic rings. The minimum atomic E-state index is -1.41. The van der Waals surface area contributed by atoms with Gasteiger partial charge in [0.25, 0.3) is 5.56 Å². The number of halogens is 1. The molecule has 0 radical (unpaired) electrons. The summed E-state index contributed by atoms with van der Waals surface area (Å²) in [4.78, 5) is 25.3. The van der Waals surface area contributed by atoms with Gasteiger partial charge in [-0.25, -0.2) is 9.18 Å². The molecule has 0 bridgehead atoms. The van der Waals surface area contributed by atoms with Crippen LogP contribution < -0.4 is 10.5 Å². The lowest BCUT2D eigenvalue weighted by molar-refractivity contribution is 0.0695. The number of anilines is 1. The van der Waals surface area contributed by atoms with Gasteiger partial charge in [-0.3, -0.25) is 9.20 Å². The van der Waals surface area contributed by atoms with Gasteiger partial charge in [-0.15, -0.1) is 0 Å². The molecule has 110 valence electrons. The number of carboxylic acids is 1. The Labute approximate surface area is 120 Å². The molecule has 1 fully saturated rings. The van der Waals surface area contributed by atoms with Crippen LogP contribution in [0.15, 0.2) is 23.0 Å². The number of aromatic carboxylic acids is 1. The van der Waals surface area contributed by atoms with Gasteiger partial charge in [0.1, 0.15) is 0 Å². The maximum Gasteiger partial charge on any atom is 0.343 e. The summed E-state index contributed by atoms with van der Waals surface area (Å²) in [5.74, 6) is -1.89. The van der Waals surface area contributed by atoms with Gasteiger partial charge in [0.2, 0.25) is 0 Å². The molecule has 2 aromatic rings. The standard InChI is InChI=1S/C15H15FN2O3/c1-17(2)13-11(15(20)21)14(19)18-9(8-6-7-8)4-3-5-10(18)12(13)16/h3-5,8H,6-7H2,1-2H3,(H,20,21). The fourth-order valence-corrected chi connectivity index (χ4v) is 2.68. The van der Waals surface area contributed by atoms with E-state index in [-0.39, 0.29) is 17.1 Å². The van der Waals surface area contributed by atoms with E-state index in [0.29, 0.717) is 5.69 Å². The summed E-state index contributed by atoms with van der Waals surface area (Å²) in [7, 11) is 3.04. The van der Waals surface area contributed by atoms with Crippen LogP contribution in [0.1, 0.15) is 34.8 Å². The average molecular weight is 290 g/mol. The van der Waals surface area contributed by atoms with Gasteiger partial charge in [-0.05, 0) is 30.9 Å². The van der Waals surface area contributed by atoms with Crippen molar-refractivity contribution < 1.29 is 14.3 Å². The van der Waals surface area contributed by atoms with Crippen LogP contribution in [0.25, 0.3) is 5.52 Å². The Balaban J connectivity index is 2.51. The normalized spacial score (nSPS) is 14.4. The van der Waals surface area contributed by atoms with Gasteiger partial charge in [-0.1, -0.05) is 6.07 Å². The second-order valence-corrected chi connectivity index (χ2v) is 5.49. The highest BCUT2D eigenvalue weighted by molar-refractivity contribution is 5.95. The number of nitrogens with zero attached hydrogens (tertiary/aromatic N) is 2. The van der Waals surface area contributed by atoms with Crippen molar-refractivity contribution in [3.63, 3.8) is 0 Å². The van der Waals surface area contributed by atoms with Crippen LogP contribution in [0.3, 0.4) is 0 Å². The first-order valence-corrected chi connectivity index (χ1v) is 6.71. The molecule has 0 saturated heterocycles. The fourth-order valence-electron chi connectivity index (χ4n) is 2.68. The summed E-state index contributed by atoms with van der Waals surface area (Å²) in [5.41, 5.74) is -0.573. The second kappa shape index (κ2) is 4.58. The molecular formula is C15H15FN2O3. The molecule has 0 spiro atoms. The molecule has 1 N–H and O–H groups in total. The molecule has 1 aliphatic carbocycles. The number of fused-ring (bicyclic) bond motifs is 1. The lowest BCUT2D eigenvalue weighted by Gasteiger charge is -2.19. The van der Waals surface area contributed by atoms with E-state index >= 15 is 0 Å². The van der Waals surface area contributed by atoms with Crippen molar-refractivity contribution in [1.82, 2.24) is 4.40 Å². The summed E-state index contributed by atoms with van der Waals surface area (Å²) in [5, 5.41) is 9.32. The monoisotopic (exact) mass is 290 g/mol. The van der Waals surface area contributed by atoms with E-state index in [0.717, 1.165) is 12.8 Å². The quantitative estimate of drug-likeness (QED) is 0.940. The predicted octanol–water partition coefficient (Wildman–Crippen LogP) is 2.08. The van der Waals surface area contributed by atoms with E-state index < -0.39 is 22.9 Å². The molecular weight excluding hydrogens is 275 g/mol. The van der Waals surface area contributed by atoms with Crippen molar-refractivity contribution in [1.29, 1.82) is 0 Å². The maximum absolute atomic E-state index is 14.7. The third-order valence-electron chi connectivity index (χ3n) is 3.76. The minimum absolute atomic E-state index is 0.123. The number of hydrogen-bond acceptors (Lipinski definition) is 3. The highest BCUT2D eigenvalue weighted by atomic mass is 19.1. The number of carboxylic acid groups (broad SMARTS) is 1. The Bertz CT molecular complexity index is 807. The number of rotatable bonds is 3. The van der Waals surface area contributed by atoms with Gasteiger partial charge < -0.3 is 10.0 Å². The SMILES string of the molecule is CN(C)c1c(C(=O)O)c(=O)n2c(C3CC3)cccc2c1F. The van der Waals surface area contributed by atoms with Crippen LogP contribution in [0.4, 0.5) is 10.1 Å². The Hall–Kier alpha value is -2.37. The third kappa shape index (κ3) is 1.98. The van der Waals surface area contributed by atoms with E-state index in [9.17, 15) is 19.1 Å².